The van der Waals surface area contributed by atoms with Gasteiger partial charge in [0.05, 0.1) is 0 Å². The first-order chi connectivity index (χ1) is 7.20. The van der Waals surface area contributed by atoms with E-state index >= 15 is 0 Å². The van der Waals surface area contributed by atoms with Gasteiger partial charge in [0.1, 0.15) is 5.75 Å². The highest BCUT2D eigenvalue weighted by molar-refractivity contribution is 6.17. The van der Waals surface area contributed by atoms with E-state index in [2.05, 4.69) is 10.8 Å². The molecule has 1 aliphatic carbocycles. The van der Waals surface area contributed by atoms with E-state index in [1.807, 2.05) is 6.07 Å². The van der Waals surface area contributed by atoms with Crippen LogP contribution in [-0.4, -0.2) is 6.61 Å². The van der Waals surface area contributed by atoms with Gasteiger partial charge in [-0.3, -0.25) is 0 Å². The van der Waals surface area contributed by atoms with Crippen LogP contribution in [-0.2, 0) is 5.88 Å². The van der Waals surface area contributed by atoms with Gasteiger partial charge in [0, 0.05) is 11.9 Å². The van der Waals surface area contributed by atoms with Gasteiger partial charge >= 0.3 is 6.61 Å². The van der Waals surface area contributed by atoms with Gasteiger partial charge in [0.15, 0.2) is 0 Å². The topological polar surface area (TPSA) is 9.23 Å². The van der Waals surface area contributed by atoms with Crippen molar-refractivity contribution in [1.82, 2.24) is 0 Å². The van der Waals surface area contributed by atoms with Crippen molar-refractivity contribution >= 4 is 11.6 Å². The number of halogens is 3. The van der Waals surface area contributed by atoms with Crippen LogP contribution in [0.3, 0.4) is 0 Å². The maximum Gasteiger partial charge on any atom is 0.387 e. The normalized spacial score (nSPS) is 15.7. The molecule has 0 aliphatic heterocycles. The summed E-state index contributed by atoms with van der Waals surface area (Å²) in [4.78, 5) is 0. The molecule has 0 heterocycles. The summed E-state index contributed by atoms with van der Waals surface area (Å²) in [5.41, 5.74) is 1.89. The number of ether oxygens (including phenoxy) is 1. The summed E-state index contributed by atoms with van der Waals surface area (Å²) in [5, 5.41) is 0. The standard InChI is InChI=1S/C11H10ClF2O/c12-6-8-5-9(15-11(13)14)3-4-10(8)7-1-2-7/h3-4,7,11H,1-2,6H2. The SMILES string of the molecule is FC(F)Oc1[c]c(CCl)c(C2CC2)cc1. The van der Waals surface area contributed by atoms with Crippen molar-refractivity contribution in [3.8, 4) is 5.75 Å². The van der Waals surface area contributed by atoms with Crippen LogP contribution in [0.5, 0.6) is 5.75 Å². The molecular formula is C11H10ClF2O. The summed E-state index contributed by atoms with van der Waals surface area (Å²) in [6.07, 6.45) is 2.29. The van der Waals surface area contributed by atoms with Crippen LogP contribution in [0, 0.1) is 6.07 Å². The smallest absolute Gasteiger partial charge is 0.387 e. The summed E-state index contributed by atoms with van der Waals surface area (Å²) >= 11 is 5.74. The van der Waals surface area contributed by atoms with Gasteiger partial charge in [0.2, 0.25) is 0 Å². The quantitative estimate of drug-likeness (QED) is 0.718. The average Bonchev–Trinajstić information content (AvgIpc) is 3.00. The van der Waals surface area contributed by atoms with Crippen molar-refractivity contribution in [3.63, 3.8) is 0 Å². The van der Waals surface area contributed by atoms with Gasteiger partial charge in [-0.15, -0.1) is 11.6 Å². The predicted octanol–water partition coefficient (Wildman–Crippen LogP) is 3.70. The lowest BCUT2D eigenvalue weighted by Gasteiger charge is -2.09. The Bertz CT molecular complexity index is 350. The fraction of sp³-hybridized carbons (Fsp3) is 0.455. The van der Waals surface area contributed by atoms with Crippen LogP contribution in [0.2, 0.25) is 0 Å². The molecule has 0 bridgehead atoms. The second kappa shape index (κ2) is 4.35. The molecule has 1 nitrogen and oxygen atoms in total. The fourth-order valence-corrected chi connectivity index (χ4v) is 1.80. The summed E-state index contributed by atoms with van der Waals surface area (Å²) < 4.78 is 28.2. The zero-order valence-electron chi connectivity index (χ0n) is 7.97. The Hall–Kier alpha value is -0.830. The summed E-state index contributed by atoms with van der Waals surface area (Å²) in [7, 11) is 0. The largest absolute Gasteiger partial charge is 0.434 e. The lowest BCUT2D eigenvalue weighted by atomic mass is 10.0. The van der Waals surface area contributed by atoms with Crippen molar-refractivity contribution in [2.45, 2.75) is 31.3 Å². The van der Waals surface area contributed by atoms with Gasteiger partial charge in [-0.1, -0.05) is 6.07 Å². The highest BCUT2D eigenvalue weighted by Gasteiger charge is 2.26. The van der Waals surface area contributed by atoms with E-state index in [-0.39, 0.29) is 11.6 Å². The Morgan fingerprint density at radius 1 is 1.47 bits per heavy atom. The van der Waals surface area contributed by atoms with Gasteiger partial charge in [-0.2, -0.15) is 8.78 Å². The summed E-state index contributed by atoms with van der Waals surface area (Å²) in [6.45, 7) is -2.81. The van der Waals surface area contributed by atoms with E-state index in [1.165, 1.54) is 6.07 Å². The van der Waals surface area contributed by atoms with Crippen molar-refractivity contribution < 1.29 is 13.5 Å². The van der Waals surface area contributed by atoms with E-state index in [9.17, 15) is 8.78 Å². The predicted molar refractivity (Wildman–Crippen MR) is 53.4 cm³/mol. The maximum atomic E-state index is 12.0. The molecule has 0 saturated heterocycles. The molecule has 1 aromatic rings. The molecule has 4 heteroatoms. The molecule has 1 saturated carbocycles. The Balaban J connectivity index is 2.21. The third-order valence-electron chi connectivity index (χ3n) is 2.40. The maximum absolute atomic E-state index is 12.0. The molecule has 0 spiro atoms. The molecule has 0 N–H and O–H groups in total. The van der Waals surface area contributed by atoms with Crippen LogP contribution < -0.4 is 4.74 Å². The molecule has 1 radical (unpaired) electrons. The fourth-order valence-electron chi connectivity index (χ4n) is 1.58. The second-order valence-corrected chi connectivity index (χ2v) is 3.81. The molecule has 1 fully saturated rings. The molecule has 15 heavy (non-hydrogen) atoms. The monoisotopic (exact) mass is 231 g/mol. The lowest BCUT2D eigenvalue weighted by molar-refractivity contribution is -0.0500. The van der Waals surface area contributed by atoms with Crippen LogP contribution in [0.1, 0.15) is 29.9 Å². The Morgan fingerprint density at radius 3 is 2.73 bits per heavy atom. The van der Waals surface area contributed by atoms with E-state index < -0.39 is 6.61 Å². The van der Waals surface area contributed by atoms with Crippen molar-refractivity contribution in [2.24, 2.45) is 0 Å². The molecular weight excluding hydrogens is 222 g/mol. The number of rotatable bonds is 4. The lowest BCUT2D eigenvalue weighted by Crippen LogP contribution is -2.03. The third kappa shape index (κ3) is 2.59. The molecule has 81 valence electrons. The van der Waals surface area contributed by atoms with E-state index in [0.29, 0.717) is 5.92 Å². The second-order valence-electron chi connectivity index (χ2n) is 3.54. The first-order valence-corrected chi connectivity index (χ1v) is 5.30. The summed E-state index contributed by atoms with van der Waals surface area (Å²) in [6, 6.07) is 6.11. The molecule has 0 atom stereocenters. The van der Waals surface area contributed by atoms with Gasteiger partial charge in [-0.05, 0) is 36.0 Å². The molecule has 0 amide bonds. The highest BCUT2D eigenvalue weighted by Crippen LogP contribution is 2.42. The molecule has 0 unspecified atom stereocenters. The van der Waals surface area contributed by atoms with Gasteiger partial charge in [-0.25, -0.2) is 0 Å². The first-order valence-electron chi connectivity index (χ1n) is 4.76. The van der Waals surface area contributed by atoms with Crippen molar-refractivity contribution in [2.75, 3.05) is 0 Å². The zero-order valence-corrected chi connectivity index (χ0v) is 8.73. The minimum Gasteiger partial charge on any atom is -0.434 e. The number of alkyl halides is 3. The third-order valence-corrected chi connectivity index (χ3v) is 2.67. The minimum atomic E-state index is -2.81. The number of hydrogen-bond acceptors (Lipinski definition) is 1. The van der Waals surface area contributed by atoms with Crippen LogP contribution >= 0.6 is 11.6 Å². The average molecular weight is 232 g/mol. The number of hydrogen-bond donors (Lipinski definition) is 0. The summed E-state index contributed by atoms with van der Waals surface area (Å²) in [5.74, 6) is 0.882. The molecule has 1 aliphatic rings. The van der Waals surface area contributed by atoms with Crippen LogP contribution in [0.4, 0.5) is 8.78 Å². The van der Waals surface area contributed by atoms with Crippen LogP contribution in [0.25, 0.3) is 0 Å². The molecule has 1 aromatic carbocycles. The number of benzene rings is 1. The van der Waals surface area contributed by atoms with Gasteiger partial charge < -0.3 is 4.74 Å². The Kier molecular flexibility index (Phi) is 3.10. The first kappa shape index (κ1) is 10.7. The van der Waals surface area contributed by atoms with Gasteiger partial charge in [0.25, 0.3) is 0 Å². The Labute approximate surface area is 92.0 Å². The minimum absolute atomic E-state index is 0.0602. The van der Waals surface area contributed by atoms with E-state index in [1.54, 1.807) is 0 Å². The Morgan fingerprint density at radius 2 is 2.20 bits per heavy atom. The van der Waals surface area contributed by atoms with E-state index in [4.69, 9.17) is 11.6 Å². The van der Waals surface area contributed by atoms with Crippen molar-refractivity contribution in [3.05, 3.63) is 29.3 Å². The molecule has 0 aromatic heterocycles. The highest BCUT2D eigenvalue weighted by atomic mass is 35.5. The van der Waals surface area contributed by atoms with Crippen molar-refractivity contribution in [1.29, 1.82) is 0 Å². The van der Waals surface area contributed by atoms with Crippen LogP contribution in [0.15, 0.2) is 12.1 Å². The molecule has 2 rings (SSSR count). The zero-order chi connectivity index (χ0) is 10.8. The van der Waals surface area contributed by atoms with E-state index in [0.717, 1.165) is 24.0 Å².